The minimum absolute atomic E-state index is 0.763. The van der Waals surface area contributed by atoms with E-state index in [1.54, 1.807) is 0 Å². The van der Waals surface area contributed by atoms with Crippen LogP contribution in [-0.4, -0.2) is 0 Å². The topological polar surface area (TPSA) is 0 Å². The van der Waals surface area contributed by atoms with Gasteiger partial charge >= 0.3 is 0 Å². The van der Waals surface area contributed by atoms with Crippen LogP contribution in [0.5, 0.6) is 0 Å². The fourth-order valence-electron chi connectivity index (χ4n) is 1.95. The van der Waals surface area contributed by atoms with Crippen LogP contribution in [0, 0.1) is 6.07 Å². The zero-order valence-corrected chi connectivity index (χ0v) is 9.91. The van der Waals surface area contributed by atoms with Crippen molar-refractivity contribution in [2.24, 2.45) is 0 Å². The van der Waals surface area contributed by atoms with Gasteiger partial charge in [-0.15, -0.1) is 0 Å². The minimum atomic E-state index is 0.763. The third-order valence-electron chi connectivity index (χ3n) is 2.82. The van der Waals surface area contributed by atoms with Gasteiger partial charge in [-0.3, -0.25) is 0 Å². The number of fused-ring (bicyclic) bond motifs is 1. The van der Waals surface area contributed by atoms with Crippen molar-refractivity contribution in [1.29, 1.82) is 0 Å². The lowest BCUT2D eigenvalue weighted by molar-refractivity contribution is 1.63. The largest absolute Gasteiger partial charge is 0.0837 e. The molecule has 0 heterocycles. The van der Waals surface area contributed by atoms with E-state index in [0.29, 0.717) is 0 Å². The Labute approximate surface area is 105 Å². The Hall–Kier alpha value is -1.79. The van der Waals surface area contributed by atoms with E-state index in [1.807, 2.05) is 36.4 Å². The summed E-state index contributed by atoms with van der Waals surface area (Å²) in [5.41, 5.74) is 2.06. The Morgan fingerprint density at radius 3 is 2.41 bits per heavy atom. The Balaban J connectivity index is 2.22. The molecule has 0 spiro atoms. The van der Waals surface area contributed by atoms with Crippen LogP contribution in [0.3, 0.4) is 0 Å². The van der Waals surface area contributed by atoms with E-state index in [1.165, 1.54) is 5.39 Å². The van der Waals surface area contributed by atoms with Crippen molar-refractivity contribution in [2.75, 3.05) is 0 Å². The van der Waals surface area contributed by atoms with E-state index >= 15 is 0 Å². The average Bonchev–Trinajstić information content (AvgIpc) is 2.39. The van der Waals surface area contributed by atoms with Gasteiger partial charge in [0.05, 0.1) is 0 Å². The maximum Gasteiger partial charge on any atom is 0.0484 e. The van der Waals surface area contributed by atoms with Crippen LogP contribution >= 0.6 is 11.6 Å². The molecule has 81 valence electrons. The van der Waals surface area contributed by atoms with E-state index < -0.39 is 0 Å². The standard InChI is InChI=1S/C16H10Cl/c17-16-8-4-3-7-15(16)14-10-9-12-5-1-2-6-13(12)11-14/h1-10H. The zero-order valence-electron chi connectivity index (χ0n) is 9.15. The number of benzene rings is 3. The van der Waals surface area contributed by atoms with Gasteiger partial charge < -0.3 is 0 Å². The molecular weight excluding hydrogens is 228 g/mol. The molecule has 1 radical (unpaired) electrons. The summed E-state index contributed by atoms with van der Waals surface area (Å²) >= 11 is 6.19. The van der Waals surface area contributed by atoms with Crippen LogP contribution in [-0.2, 0) is 0 Å². The first-order valence-corrected chi connectivity index (χ1v) is 5.88. The highest BCUT2D eigenvalue weighted by molar-refractivity contribution is 6.33. The molecule has 0 N–H and O–H groups in total. The van der Waals surface area contributed by atoms with Crippen molar-refractivity contribution in [3.8, 4) is 11.1 Å². The van der Waals surface area contributed by atoms with Crippen molar-refractivity contribution in [3.05, 3.63) is 71.8 Å². The van der Waals surface area contributed by atoms with E-state index in [0.717, 1.165) is 21.5 Å². The van der Waals surface area contributed by atoms with Crippen molar-refractivity contribution in [1.82, 2.24) is 0 Å². The Morgan fingerprint density at radius 1 is 0.765 bits per heavy atom. The quantitative estimate of drug-likeness (QED) is 0.561. The third-order valence-corrected chi connectivity index (χ3v) is 3.15. The van der Waals surface area contributed by atoms with Gasteiger partial charge in [0, 0.05) is 10.6 Å². The average molecular weight is 238 g/mol. The van der Waals surface area contributed by atoms with Crippen LogP contribution in [0.15, 0.2) is 60.7 Å². The first-order valence-electron chi connectivity index (χ1n) is 5.50. The molecule has 0 aliphatic carbocycles. The molecule has 0 aliphatic rings. The maximum atomic E-state index is 6.19. The Kier molecular flexibility index (Phi) is 2.58. The molecule has 0 amide bonds. The molecule has 0 saturated carbocycles. The molecule has 0 unspecified atom stereocenters. The number of hydrogen-bond donors (Lipinski definition) is 0. The molecule has 0 atom stereocenters. The first-order chi connectivity index (χ1) is 8.34. The van der Waals surface area contributed by atoms with Gasteiger partial charge in [-0.05, 0) is 28.5 Å². The van der Waals surface area contributed by atoms with Gasteiger partial charge in [0.2, 0.25) is 0 Å². The zero-order chi connectivity index (χ0) is 11.7. The van der Waals surface area contributed by atoms with Gasteiger partial charge in [0.25, 0.3) is 0 Å². The molecule has 3 aromatic rings. The second-order valence-electron chi connectivity index (χ2n) is 3.94. The molecule has 0 fully saturated rings. The predicted molar refractivity (Wildman–Crippen MR) is 73.2 cm³/mol. The highest BCUT2D eigenvalue weighted by Crippen LogP contribution is 2.29. The SMILES string of the molecule is Clc1ccccc1-c1[c]c2ccccc2cc1. The van der Waals surface area contributed by atoms with Crippen molar-refractivity contribution in [2.45, 2.75) is 0 Å². The van der Waals surface area contributed by atoms with Crippen LogP contribution in [0.25, 0.3) is 21.9 Å². The normalized spacial score (nSPS) is 10.6. The van der Waals surface area contributed by atoms with Gasteiger partial charge in [0.1, 0.15) is 0 Å². The smallest absolute Gasteiger partial charge is 0.0484 e. The molecule has 1 heteroatoms. The van der Waals surface area contributed by atoms with Gasteiger partial charge in [-0.1, -0.05) is 66.2 Å². The molecule has 17 heavy (non-hydrogen) atoms. The number of halogens is 1. The summed E-state index contributed by atoms with van der Waals surface area (Å²) in [6.07, 6.45) is 0. The van der Waals surface area contributed by atoms with Crippen molar-refractivity contribution >= 4 is 22.4 Å². The van der Waals surface area contributed by atoms with E-state index in [4.69, 9.17) is 11.6 Å². The van der Waals surface area contributed by atoms with E-state index in [-0.39, 0.29) is 0 Å². The fraction of sp³-hybridized carbons (Fsp3) is 0. The van der Waals surface area contributed by atoms with Gasteiger partial charge in [-0.2, -0.15) is 0 Å². The minimum Gasteiger partial charge on any atom is -0.0837 e. The number of rotatable bonds is 1. The molecule has 3 rings (SSSR count). The molecular formula is C16H10Cl. The van der Waals surface area contributed by atoms with Crippen LogP contribution in [0.2, 0.25) is 5.02 Å². The van der Waals surface area contributed by atoms with E-state index in [9.17, 15) is 0 Å². The third kappa shape index (κ3) is 1.92. The lowest BCUT2D eigenvalue weighted by atomic mass is 10.0. The molecule has 0 aliphatic heterocycles. The molecule has 0 aromatic heterocycles. The second-order valence-corrected chi connectivity index (χ2v) is 4.35. The fourth-order valence-corrected chi connectivity index (χ4v) is 2.19. The summed E-state index contributed by atoms with van der Waals surface area (Å²) in [6, 6.07) is 23.6. The molecule has 0 saturated heterocycles. The predicted octanol–water partition coefficient (Wildman–Crippen LogP) is 4.96. The summed E-state index contributed by atoms with van der Waals surface area (Å²) in [6.45, 7) is 0. The van der Waals surface area contributed by atoms with Crippen LogP contribution in [0.4, 0.5) is 0 Å². The lowest BCUT2D eigenvalue weighted by Gasteiger charge is -2.05. The molecule has 0 nitrogen and oxygen atoms in total. The van der Waals surface area contributed by atoms with Gasteiger partial charge in [0.15, 0.2) is 0 Å². The summed E-state index contributed by atoms with van der Waals surface area (Å²) in [7, 11) is 0. The second kappa shape index (κ2) is 4.23. The van der Waals surface area contributed by atoms with Crippen LogP contribution in [0.1, 0.15) is 0 Å². The van der Waals surface area contributed by atoms with Crippen molar-refractivity contribution < 1.29 is 0 Å². The number of hydrogen-bond acceptors (Lipinski definition) is 0. The van der Waals surface area contributed by atoms with Crippen LogP contribution < -0.4 is 0 Å². The van der Waals surface area contributed by atoms with Gasteiger partial charge in [-0.25, -0.2) is 0 Å². The van der Waals surface area contributed by atoms with Crippen molar-refractivity contribution in [3.63, 3.8) is 0 Å². The first kappa shape index (κ1) is 10.4. The molecule has 0 bridgehead atoms. The maximum absolute atomic E-state index is 6.19. The summed E-state index contributed by atoms with van der Waals surface area (Å²) in [5.74, 6) is 0. The monoisotopic (exact) mass is 237 g/mol. The Morgan fingerprint density at radius 2 is 1.53 bits per heavy atom. The van der Waals surface area contributed by atoms with E-state index in [2.05, 4.69) is 30.3 Å². The highest BCUT2D eigenvalue weighted by Gasteiger charge is 2.03. The summed E-state index contributed by atoms with van der Waals surface area (Å²) in [5, 5.41) is 3.08. The highest BCUT2D eigenvalue weighted by atomic mass is 35.5. The summed E-state index contributed by atoms with van der Waals surface area (Å²) in [4.78, 5) is 0. The molecule has 3 aromatic carbocycles. The summed E-state index contributed by atoms with van der Waals surface area (Å²) < 4.78 is 0. The Bertz CT molecular complexity index is 671. The lowest BCUT2D eigenvalue weighted by Crippen LogP contribution is -1.80.